The lowest BCUT2D eigenvalue weighted by Crippen LogP contribution is -2.37. The van der Waals surface area contributed by atoms with Gasteiger partial charge in [-0.05, 0) is 39.8 Å². The molecule has 2 N–H and O–H groups in total. The first-order valence-corrected chi connectivity index (χ1v) is 7.89. The van der Waals surface area contributed by atoms with E-state index in [0.29, 0.717) is 13.1 Å². The number of alkyl carbamates (subject to hydrolysis) is 1. The molecule has 0 aliphatic carbocycles. The Morgan fingerprint density at radius 2 is 2.00 bits per heavy atom. The largest absolute Gasteiger partial charge is 0.444 e. The Hall–Kier alpha value is -2.08. The van der Waals surface area contributed by atoms with Crippen LogP contribution in [0, 0.1) is 0 Å². The zero-order chi connectivity index (χ0) is 17.0. The van der Waals surface area contributed by atoms with Gasteiger partial charge < -0.3 is 19.9 Å². The number of imidazole rings is 1. The minimum absolute atomic E-state index is 0.0906. The normalized spacial score (nSPS) is 13.1. The molecule has 1 atom stereocenters. The number of hydrogen-bond donors (Lipinski definition) is 2. The molecule has 0 aliphatic rings. The number of ether oxygens (including phenoxy) is 1. The average Bonchev–Trinajstić information content (AvgIpc) is 2.79. The molecule has 1 aromatic carbocycles. The number of nitrogens with one attached hydrogen (secondary N) is 2. The molecule has 0 aliphatic heterocycles. The second-order valence-corrected chi connectivity index (χ2v) is 6.62. The van der Waals surface area contributed by atoms with Crippen LogP contribution in [0.4, 0.5) is 4.79 Å². The fourth-order valence-electron chi connectivity index (χ4n) is 2.41. The Morgan fingerprint density at radius 3 is 2.65 bits per heavy atom. The number of aryl methyl sites for hydroxylation is 1. The van der Waals surface area contributed by atoms with Gasteiger partial charge in [0.25, 0.3) is 0 Å². The highest BCUT2D eigenvalue weighted by molar-refractivity contribution is 5.75. The zero-order valence-electron chi connectivity index (χ0n) is 14.5. The lowest BCUT2D eigenvalue weighted by atomic mass is 10.2. The summed E-state index contributed by atoms with van der Waals surface area (Å²) in [7, 11) is 2.02. The van der Waals surface area contributed by atoms with E-state index >= 15 is 0 Å². The smallest absolute Gasteiger partial charge is 0.407 e. The van der Waals surface area contributed by atoms with Gasteiger partial charge in [-0.25, -0.2) is 9.78 Å². The van der Waals surface area contributed by atoms with E-state index in [0.717, 1.165) is 16.9 Å². The summed E-state index contributed by atoms with van der Waals surface area (Å²) < 4.78 is 7.29. The van der Waals surface area contributed by atoms with Crippen molar-refractivity contribution in [2.24, 2.45) is 7.05 Å². The van der Waals surface area contributed by atoms with Crippen molar-refractivity contribution in [2.75, 3.05) is 13.1 Å². The molecule has 1 heterocycles. The Kier molecular flexibility index (Phi) is 5.26. The van der Waals surface area contributed by atoms with E-state index in [2.05, 4.69) is 33.2 Å². The van der Waals surface area contributed by atoms with Crippen LogP contribution in [0.25, 0.3) is 11.0 Å². The summed E-state index contributed by atoms with van der Waals surface area (Å²) in [6.45, 7) is 8.75. The van der Waals surface area contributed by atoms with Crippen LogP contribution in [-0.4, -0.2) is 34.3 Å². The van der Waals surface area contributed by atoms with Gasteiger partial charge in [-0.15, -0.1) is 0 Å². The fraction of sp³-hybridized carbons (Fsp3) is 0.529. The first kappa shape index (κ1) is 17.3. The van der Waals surface area contributed by atoms with E-state index in [1.54, 1.807) is 0 Å². The van der Waals surface area contributed by atoms with E-state index in [1.807, 2.05) is 46.0 Å². The third kappa shape index (κ3) is 4.69. The van der Waals surface area contributed by atoms with E-state index < -0.39 is 11.7 Å². The monoisotopic (exact) mass is 318 g/mol. The molecule has 0 fully saturated rings. The standard InChI is InChI=1S/C17H26N4O2/c1-12(18-10-11-19-16(22)23-17(2,3)4)15-20-13-8-6-7-9-14(13)21(15)5/h6-9,12,18H,10-11H2,1-5H3,(H,19,22). The van der Waals surface area contributed by atoms with Gasteiger partial charge in [-0.2, -0.15) is 0 Å². The van der Waals surface area contributed by atoms with Crippen LogP contribution in [0.5, 0.6) is 0 Å². The summed E-state index contributed by atoms with van der Waals surface area (Å²) >= 11 is 0. The molecule has 0 saturated carbocycles. The predicted molar refractivity (Wildman–Crippen MR) is 91.4 cm³/mol. The molecule has 6 nitrogen and oxygen atoms in total. The summed E-state index contributed by atoms with van der Waals surface area (Å²) in [5, 5.41) is 6.10. The van der Waals surface area contributed by atoms with Crippen LogP contribution in [0.15, 0.2) is 24.3 Å². The summed E-state index contributed by atoms with van der Waals surface area (Å²) in [4.78, 5) is 16.2. The maximum atomic E-state index is 11.6. The fourth-order valence-corrected chi connectivity index (χ4v) is 2.41. The van der Waals surface area contributed by atoms with Crippen LogP contribution in [0.2, 0.25) is 0 Å². The molecule has 0 saturated heterocycles. The van der Waals surface area contributed by atoms with Crippen LogP contribution in [0.3, 0.4) is 0 Å². The molecule has 6 heteroatoms. The predicted octanol–water partition coefficient (Wildman–Crippen LogP) is 2.75. The van der Waals surface area contributed by atoms with Crippen molar-refractivity contribution in [1.82, 2.24) is 20.2 Å². The molecule has 0 radical (unpaired) electrons. The second kappa shape index (κ2) is 7.00. The highest BCUT2D eigenvalue weighted by Crippen LogP contribution is 2.18. The maximum absolute atomic E-state index is 11.6. The van der Waals surface area contributed by atoms with Gasteiger partial charge in [0.15, 0.2) is 0 Å². The highest BCUT2D eigenvalue weighted by atomic mass is 16.6. The number of benzene rings is 1. The Balaban J connectivity index is 1.84. The number of aromatic nitrogens is 2. The topological polar surface area (TPSA) is 68.2 Å². The minimum atomic E-state index is -0.474. The lowest BCUT2D eigenvalue weighted by Gasteiger charge is -2.20. The van der Waals surface area contributed by atoms with E-state index in [1.165, 1.54) is 0 Å². The Bertz CT molecular complexity index is 673. The van der Waals surface area contributed by atoms with E-state index in [-0.39, 0.29) is 6.04 Å². The number of carbonyl (C=O) groups is 1. The zero-order valence-corrected chi connectivity index (χ0v) is 14.5. The summed E-state index contributed by atoms with van der Waals surface area (Å²) in [5.74, 6) is 0.975. The molecule has 1 aromatic heterocycles. The Morgan fingerprint density at radius 1 is 1.30 bits per heavy atom. The van der Waals surface area contributed by atoms with E-state index in [4.69, 9.17) is 4.74 Å². The number of hydrogen-bond acceptors (Lipinski definition) is 4. The van der Waals surface area contributed by atoms with E-state index in [9.17, 15) is 4.79 Å². The van der Waals surface area contributed by atoms with Crippen LogP contribution < -0.4 is 10.6 Å². The highest BCUT2D eigenvalue weighted by Gasteiger charge is 2.16. The number of para-hydroxylation sites is 2. The second-order valence-electron chi connectivity index (χ2n) is 6.62. The number of carbonyl (C=O) groups excluding carboxylic acids is 1. The van der Waals surface area contributed by atoms with Crippen LogP contribution in [0.1, 0.15) is 39.6 Å². The van der Waals surface area contributed by atoms with Gasteiger partial charge in [0.05, 0.1) is 17.1 Å². The molecule has 2 aromatic rings. The molecule has 1 unspecified atom stereocenters. The number of rotatable bonds is 5. The summed E-state index contributed by atoms with van der Waals surface area (Å²) in [5.41, 5.74) is 1.63. The summed E-state index contributed by atoms with van der Waals surface area (Å²) in [6.07, 6.45) is -0.394. The number of nitrogens with zero attached hydrogens (tertiary/aromatic N) is 2. The molecule has 0 spiro atoms. The van der Waals surface area contributed by atoms with Gasteiger partial charge in [0.1, 0.15) is 11.4 Å². The van der Waals surface area contributed by atoms with Gasteiger partial charge in [0, 0.05) is 20.1 Å². The van der Waals surface area contributed by atoms with Gasteiger partial charge >= 0.3 is 6.09 Å². The molecule has 126 valence electrons. The van der Waals surface area contributed by atoms with Crippen LogP contribution >= 0.6 is 0 Å². The first-order chi connectivity index (χ1) is 10.8. The molecule has 0 bridgehead atoms. The lowest BCUT2D eigenvalue weighted by molar-refractivity contribution is 0.0528. The van der Waals surface area contributed by atoms with Crippen molar-refractivity contribution in [3.8, 4) is 0 Å². The van der Waals surface area contributed by atoms with Gasteiger partial charge in [0.2, 0.25) is 0 Å². The van der Waals surface area contributed by atoms with Gasteiger partial charge in [-0.3, -0.25) is 0 Å². The van der Waals surface area contributed by atoms with Crippen molar-refractivity contribution in [1.29, 1.82) is 0 Å². The third-order valence-corrected chi connectivity index (χ3v) is 3.45. The minimum Gasteiger partial charge on any atom is -0.444 e. The van der Waals surface area contributed by atoms with Crippen molar-refractivity contribution < 1.29 is 9.53 Å². The molecular formula is C17H26N4O2. The number of fused-ring (bicyclic) bond motifs is 1. The van der Waals surface area contributed by atoms with Crippen molar-refractivity contribution in [2.45, 2.75) is 39.3 Å². The van der Waals surface area contributed by atoms with Crippen molar-refractivity contribution in [3.63, 3.8) is 0 Å². The van der Waals surface area contributed by atoms with Crippen LogP contribution in [-0.2, 0) is 11.8 Å². The SMILES string of the molecule is CC(NCCNC(=O)OC(C)(C)C)c1nc2ccccc2n1C. The first-order valence-electron chi connectivity index (χ1n) is 7.89. The molecule has 1 amide bonds. The maximum Gasteiger partial charge on any atom is 0.407 e. The third-order valence-electron chi connectivity index (χ3n) is 3.45. The quantitative estimate of drug-likeness (QED) is 0.832. The summed E-state index contributed by atoms with van der Waals surface area (Å²) in [6, 6.07) is 8.16. The Labute approximate surface area is 137 Å². The van der Waals surface area contributed by atoms with Crippen molar-refractivity contribution >= 4 is 17.1 Å². The van der Waals surface area contributed by atoms with Gasteiger partial charge in [-0.1, -0.05) is 12.1 Å². The van der Waals surface area contributed by atoms with Crippen molar-refractivity contribution in [3.05, 3.63) is 30.1 Å². The molecule has 23 heavy (non-hydrogen) atoms. The average molecular weight is 318 g/mol. The molecular weight excluding hydrogens is 292 g/mol. The number of amides is 1. The molecule has 2 rings (SSSR count).